The lowest BCUT2D eigenvalue weighted by Gasteiger charge is -2.40. The Morgan fingerprint density at radius 1 is 1.89 bits per heavy atom. The molecule has 9 heavy (non-hydrogen) atoms. The maximum Gasteiger partial charge on any atom is 0.162 e. The first-order valence-corrected chi connectivity index (χ1v) is 3.06. The molecule has 1 rings (SSSR count). The van der Waals surface area contributed by atoms with Crippen LogP contribution in [-0.2, 0) is 4.79 Å². The number of carbonyl (C=O) groups is 1. The lowest BCUT2D eigenvalue weighted by Crippen LogP contribution is -2.60. The van der Waals surface area contributed by atoms with E-state index in [1.165, 1.54) is 6.92 Å². The van der Waals surface area contributed by atoms with Crippen LogP contribution in [0, 0.1) is 0 Å². The Morgan fingerprint density at radius 3 is 2.44 bits per heavy atom. The minimum Gasteiger partial charge on any atom is -0.380 e. The smallest absolute Gasteiger partial charge is 0.162 e. The normalized spacial score (nSPS) is 41.9. The summed E-state index contributed by atoms with van der Waals surface area (Å²) in [6, 6.07) is -0.324. The molecule has 0 amide bonds. The number of ketones is 1. The monoisotopic (exact) mass is 129 g/mol. The second-order valence-corrected chi connectivity index (χ2v) is 2.63. The summed E-state index contributed by atoms with van der Waals surface area (Å²) in [5.74, 6) is -0.207. The van der Waals surface area contributed by atoms with Gasteiger partial charge in [-0.25, -0.2) is 0 Å². The molecule has 3 nitrogen and oxygen atoms in total. The summed E-state index contributed by atoms with van der Waals surface area (Å²) in [5, 5.41) is 9.28. The highest BCUT2D eigenvalue weighted by Gasteiger charge is 2.46. The van der Waals surface area contributed by atoms with Gasteiger partial charge in [0.05, 0.1) is 0 Å². The maximum absolute atomic E-state index is 10.6. The molecule has 0 aromatic carbocycles. The predicted octanol–water partition coefficient (Wildman–Crippen LogP) is -0.572. The Hall–Kier alpha value is -0.410. The van der Waals surface area contributed by atoms with Crippen molar-refractivity contribution >= 4 is 5.78 Å². The summed E-state index contributed by atoms with van der Waals surface area (Å²) >= 11 is 0. The molecule has 0 spiro atoms. The first-order chi connectivity index (χ1) is 4.07. The summed E-state index contributed by atoms with van der Waals surface area (Å²) in [6.45, 7) is 1.37. The van der Waals surface area contributed by atoms with Crippen LogP contribution in [0.3, 0.4) is 0 Å². The highest BCUT2D eigenvalue weighted by Crippen LogP contribution is 2.30. The Balaban J connectivity index is 2.64. The first-order valence-electron chi connectivity index (χ1n) is 3.06. The second-order valence-electron chi connectivity index (χ2n) is 2.63. The fraction of sp³-hybridized carbons (Fsp3) is 0.833. The average molecular weight is 129 g/mol. The minimum atomic E-state index is -1.18. The van der Waals surface area contributed by atoms with Gasteiger partial charge in [0.15, 0.2) is 5.78 Å². The molecule has 0 aromatic rings. The van der Waals surface area contributed by atoms with E-state index in [0.717, 1.165) is 6.42 Å². The molecule has 0 saturated heterocycles. The molecule has 0 aromatic heterocycles. The van der Waals surface area contributed by atoms with Crippen molar-refractivity contribution in [2.24, 2.45) is 5.73 Å². The molecule has 2 atom stereocenters. The quantitative estimate of drug-likeness (QED) is 0.498. The molecule has 0 radical (unpaired) electrons. The van der Waals surface area contributed by atoms with Crippen LogP contribution in [-0.4, -0.2) is 22.5 Å². The van der Waals surface area contributed by atoms with Crippen LogP contribution >= 0.6 is 0 Å². The molecule has 3 heteroatoms. The number of Topliss-reactive ketones (excluding diaryl/α,β-unsaturated/α-hetero) is 1. The van der Waals surface area contributed by atoms with Crippen molar-refractivity contribution in [1.29, 1.82) is 0 Å². The van der Waals surface area contributed by atoms with Gasteiger partial charge in [-0.2, -0.15) is 0 Å². The van der Waals surface area contributed by atoms with E-state index in [9.17, 15) is 9.90 Å². The first kappa shape index (κ1) is 6.71. The van der Waals surface area contributed by atoms with E-state index in [1.54, 1.807) is 0 Å². The fourth-order valence-electron chi connectivity index (χ4n) is 1.02. The van der Waals surface area contributed by atoms with E-state index >= 15 is 0 Å². The molecule has 1 aliphatic rings. The molecule has 0 aliphatic heterocycles. The Labute approximate surface area is 53.9 Å². The van der Waals surface area contributed by atoms with Gasteiger partial charge in [-0.05, 0) is 19.8 Å². The minimum absolute atomic E-state index is 0.207. The molecular weight excluding hydrogens is 118 g/mol. The van der Waals surface area contributed by atoms with Crippen LogP contribution in [0.1, 0.15) is 19.8 Å². The Morgan fingerprint density at radius 2 is 2.44 bits per heavy atom. The van der Waals surface area contributed by atoms with Crippen molar-refractivity contribution in [2.75, 3.05) is 0 Å². The average Bonchev–Trinajstić information content (AvgIpc) is 1.82. The van der Waals surface area contributed by atoms with Crippen LogP contribution in [0.5, 0.6) is 0 Å². The number of nitrogens with two attached hydrogens (primary N) is 1. The van der Waals surface area contributed by atoms with E-state index in [2.05, 4.69) is 0 Å². The molecule has 1 fully saturated rings. The summed E-state index contributed by atoms with van der Waals surface area (Å²) in [4.78, 5) is 10.6. The predicted molar refractivity (Wildman–Crippen MR) is 32.8 cm³/mol. The lowest BCUT2D eigenvalue weighted by atomic mass is 9.73. The molecule has 52 valence electrons. The van der Waals surface area contributed by atoms with Gasteiger partial charge < -0.3 is 10.8 Å². The zero-order chi connectivity index (χ0) is 7.07. The third kappa shape index (κ3) is 0.767. The van der Waals surface area contributed by atoms with Gasteiger partial charge in [0, 0.05) is 6.04 Å². The lowest BCUT2D eigenvalue weighted by molar-refractivity contribution is -0.146. The van der Waals surface area contributed by atoms with Crippen LogP contribution in [0.4, 0.5) is 0 Å². The number of hydrogen-bond acceptors (Lipinski definition) is 3. The van der Waals surface area contributed by atoms with Gasteiger partial charge >= 0.3 is 0 Å². The van der Waals surface area contributed by atoms with Crippen molar-refractivity contribution in [2.45, 2.75) is 31.4 Å². The summed E-state index contributed by atoms with van der Waals surface area (Å²) in [5.41, 5.74) is 4.21. The van der Waals surface area contributed by atoms with Gasteiger partial charge in [-0.3, -0.25) is 4.79 Å². The Bertz CT molecular complexity index is 146. The zero-order valence-corrected chi connectivity index (χ0v) is 5.42. The van der Waals surface area contributed by atoms with Crippen molar-refractivity contribution < 1.29 is 9.90 Å². The maximum atomic E-state index is 10.6. The standard InChI is InChI=1S/C6H11NO2/c1-4(8)6(9)3-2-5(6)7/h5,9H,2-3,7H2,1H3/t5-,6-/m1/s1. The SMILES string of the molecule is CC(=O)[C@]1(O)CC[C@H]1N. The summed E-state index contributed by atoms with van der Waals surface area (Å²) in [6.07, 6.45) is 1.29. The number of rotatable bonds is 1. The van der Waals surface area contributed by atoms with Gasteiger partial charge in [-0.1, -0.05) is 0 Å². The van der Waals surface area contributed by atoms with E-state index < -0.39 is 5.60 Å². The summed E-state index contributed by atoms with van der Waals surface area (Å²) in [7, 11) is 0. The van der Waals surface area contributed by atoms with Crippen LogP contribution < -0.4 is 5.73 Å². The molecule has 1 aliphatic carbocycles. The summed E-state index contributed by atoms with van der Waals surface area (Å²) < 4.78 is 0. The van der Waals surface area contributed by atoms with Gasteiger partial charge in [0.1, 0.15) is 5.60 Å². The second kappa shape index (κ2) is 1.78. The highest BCUT2D eigenvalue weighted by atomic mass is 16.3. The third-order valence-corrected chi connectivity index (χ3v) is 2.06. The van der Waals surface area contributed by atoms with Crippen LogP contribution in [0.25, 0.3) is 0 Å². The molecule has 1 saturated carbocycles. The molecule has 0 heterocycles. The largest absolute Gasteiger partial charge is 0.380 e. The number of carbonyl (C=O) groups excluding carboxylic acids is 1. The zero-order valence-electron chi connectivity index (χ0n) is 5.42. The van der Waals surface area contributed by atoms with E-state index in [0.29, 0.717) is 6.42 Å². The molecule has 0 bridgehead atoms. The van der Waals surface area contributed by atoms with Crippen LogP contribution in [0.15, 0.2) is 0 Å². The third-order valence-electron chi connectivity index (χ3n) is 2.06. The number of hydrogen-bond donors (Lipinski definition) is 2. The Kier molecular flexibility index (Phi) is 1.33. The number of aliphatic hydroxyl groups is 1. The van der Waals surface area contributed by atoms with Crippen molar-refractivity contribution in [3.63, 3.8) is 0 Å². The van der Waals surface area contributed by atoms with E-state index in [1.807, 2.05) is 0 Å². The van der Waals surface area contributed by atoms with Gasteiger partial charge in [0.2, 0.25) is 0 Å². The van der Waals surface area contributed by atoms with E-state index in [4.69, 9.17) is 5.73 Å². The molecule has 3 N–H and O–H groups in total. The van der Waals surface area contributed by atoms with Crippen molar-refractivity contribution in [3.8, 4) is 0 Å². The fourth-order valence-corrected chi connectivity index (χ4v) is 1.02. The van der Waals surface area contributed by atoms with Gasteiger partial charge in [0.25, 0.3) is 0 Å². The van der Waals surface area contributed by atoms with Crippen molar-refractivity contribution in [1.82, 2.24) is 0 Å². The highest BCUT2D eigenvalue weighted by molar-refractivity contribution is 5.86. The molecular formula is C6H11NO2. The van der Waals surface area contributed by atoms with Crippen molar-refractivity contribution in [3.05, 3.63) is 0 Å². The van der Waals surface area contributed by atoms with E-state index in [-0.39, 0.29) is 11.8 Å². The molecule has 0 unspecified atom stereocenters. The van der Waals surface area contributed by atoms with Crippen LogP contribution in [0.2, 0.25) is 0 Å². The van der Waals surface area contributed by atoms with Gasteiger partial charge in [-0.15, -0.1) is 0 Å². The topological polar surface area (TPSA) is 63.3 Å².